The Bertz CT molecular complexity index is 355. The lowest BCUT2D eigenvalue weighted by atomic mass is 9.91. The lowest BCUT2D eigenvalue weighted by molar-refractivity contribution is 0.295. The normalized spacial score (nSPS) is 24.9. The molecule has 1 unspecified atom stereocenters. The molecule has 0 aromatic carbocycles. The van der Waals surface area contributed by atoms with Crippen LogP contribution >= 0.6 is 0 Å². The van der Waals surface area contributed by atoms with E-state index in [1.54, 1.807) is 7.11 Å². The second-order valence-corrected chi connectivity index (χ2v) is 3.83. The summed E-state index contributed by atoms with van der Waals surface area (Å²) in [6.45, 7) is 6.07. The number of rotatable bonds is 2. The molecule has 0 saturated heterocycles. The van der Waals surface area contributed by atoms with Gasteiger partial charge in [0.1, 0.15) is 5.76 Å². The molecule has 0 aromatic rings. The molecular weight excluding hydrogens is 186 g/mol. The number of ether oxygens (including phenoxy) is 1. The van der Waals surface area contributed by atoms with Crippen LogP contribution in [0.1, 0.15) is 20.8 Å². The van der Waals surface area contributed by atoms with Crippen molar-refractivity contribution in [2.24, 2.45) is 11.7 Å². The number of nitrogens with two attached hydrogens (primary N) is 1. The third-order valence-corrected chi connectivity index (χ3v) is 2.61. The van der Waals surface area contributed by atoms with Crippen LogP contribution in [0.5, 0.6) is 0 Å². The van der Waals surface area contributed by atoms with Crippen LogP contribution < -0.4 is 5.73 Å². The minimum atomic E-state index is 0.416. The monoisotopic (exact) mass is 205 g/mol. The highest BCUT2D eigenvalue weighted by molar-refractivity contribution is 5.43. The van der Waals surface area contributed by atoms with Gasteiger partial charge < -0.3 is 10.5 Å². The van der Waals surface area contributed by atoms with Gasteiger partial charge in [0.25, 0.3) is 0 Å². The van der Waals surface area contributed by atoms with Gasteiger partial charge in [-0.05, 0) is 30.9 Å². The highest BCUT2D eigenvalue weighted by atomic mass is 16.5. The van der Waals surface area contributed by atoms with Crippen LogP contribution in [-0.4, -0.2) is 7.11 Å². The molecule has 0 fully saturated rings. The van der Waals surface area contributed by atoms with Crippen molar-refractivity contribution in [3.8, 4) is 0 Å². The van der Waals surface area contributed by atoms with Crippen molar-refractivity contribution in [2.75, 3.05) is 7.11 Å². The summed E-state index contributed by atoms with van der Waals surface area (Å²) >= 11 is 0. The maximum absolute atomic E-state index is 5.78. The molecule has 0 bridgehead atoms. The summed E-state index contributed by atoms with van der Waals surface area (Å²) in [5.41, 5.74) is 8.88. The largest absolute Gasteiger partial charge is 0.495 e. The van der Waals surface area contributed by atoms with Crippen LogP contribution in [-0.2, 0) is 4.74 Å². The zero-order valence-corrected chi connectivity index (χ0v) is 9.87. The van der Waals surface area contributed by atoms with Crippen LogP contribution in [0.25, 0.3) is 0 Å². The zero-order valence-electron chi connectivity index (χ0n) is 9.87. The van der Waals surface area contributed by atoms with Gasteiger partial charge in [-0.2, -0.15) is 0 Å². The molecule has 1 atom stereocenters. The van der Waals surface area contributed by atoms with E-state index < -0.39 is 0 Å². The second-order valence-electron chi connectivity index (χ2n) is 3.83. The van der Waals surface area contributed by atoms with Crippen LogP contribution in [0.15, 0.2) is 46.9 Å². The summed E-state index contributed by atoms with van der Waals surface area (Å²) in [6.07, 6.45) is 8.38. The second kappa shape index (κ2) is 4.87. The predicted molar refractivity (Wildman–Crippen MR) is 64.0 cm³/mol. The first-order valence-electron chi connectivity index (χ1n) is 5.14. The first-order chi connectivity index (χ1) is 7.07. The number of methoxy groups -OCH3 is 1. The average molecular weight is 205 g/mol. The number of hydrogen-bond donors (Lipinski definition) is 1. The molecule has 0 spiro atoms. The molecule has 1 aliphatic rings. The quantitative estimate of drug-likeness (QED) is 0.703. The molecule has 0 saturated carbocycles. The Hall–Kier alpha value is -1.44. The van der Waals surface area contributed by atoms with E-state index in [1.165, 1.54) is 5.57 Å². The Morgan fingerprint density at radius 1 is 1.33 bits per heavy atom. The lowest BCUT2D eigenvalue weighted by Crippen LogP contribution is -2.07. The molecule has 0 radical (unpaired) electrons. The van der Waals surface area contributed by atoms with Crippen molar-refractivity contribution >= 4 is 0 Å². The summed E-state index contributed by atoms with van der Waals surface area (Å²) in [5, 5.41) is 0. The molecule has 0 aliphatic heterocycles. The van der Waals surface area contributed by atoms with E-state index in [2.05, 4.69) is 25.2 Å². The highest BCUT2D eigenvalue weighted by Crippen LogP contribution is 2.26. The minimum Gasteiger partial charge on any atom is -0.495 e. The fraction of sp³-hybridized carbons (Fsp3) is 0.385. The molecule has 2 N–H and O–H groups in total. The van der Waals surface area contributed by atoms with E-state index in [0.717, 1.165) is 17.0 Å². The maximum Gasteiger partial charge on any atom is 0.140 e. The van der Waals surface area contributed by atoms with Gasteiger partial charge in [-0.25, -0.2) is 0 Å². The Balaban J connectivity index is 3.15. The number of allylic oxidation sites excluding steroid dienone is 7. The fourth-order valence-electron chi connectivity index (χ4n) is 1.85. The average Bonchev–Trinajstić information content (AvgIpc) is 2.18. The first kappa shape index (κ1) is 11.6. The van der Waals surface area contributed by atoms with Crippen molar-refractivity contribution in [2.45, 2.75) is 20.8 Å². The highest BCUT2D eigenvalue weighted by Gasteiger charge is 2.13. The molecule has 2 heteroatoms. The summed E-state index contributed by atoms with van der Waals surface area (Å²) in [5.74, 6) is 1.20. The smallest absolute Gasteiger partial charge is 0.140 e. The molecule has 2 nitrogen and oxygen atoms in total. The van der Waals surface area contributed by atoms with Gasteiger partial charge in [-0.3, -0.25) is 0 Å². The molecule has 1 aliphatic carbocycles. The maximum atomic E-state index is 5.78. The Labute approximate surface area is 91.8 Å². The Morgan fingerprint density at radius 2 is 2.00 bits per heavy atom. The lowest BCUT2D eigenvalue weighted by Gasteiger charge is -2.18. The van der Waals surface area contributed by atoms with E-state index in [-0.39, 0.29) is 0 Å². The van der Waals surface area contributed by atoms with Crippen LogP contribution in [0.4, 0.5) is 0 Å². The fourth-order valence-corrected chi connectivity index (χ4v) is 1.85. The van der Waals surface area contributed by atoms with Gasteiger partial charge in [-0.15, -0.1) is 0 Å². The third kappa shape index (κ3) is 2.52. The Morgan fingerprint density at radius 3 is 2.47 bits per heavy atom. The van der Waals surface area contributed by atoms with Gasteiger partial charge in [-0.1, -0.05) is 31.2 Å². The van der Waals surface area contributed by atoms with Gasteiger partial charge in [0, 0.05) is 5.70 Å². The summed E-state index contributed by atoms with van der Waals surface area (Å²) in [4.78, 5) is 0. The van der Waals surface area contributed by atoms with E-state index in [9.17, 15) is 0 Å². The SMILES string of the molecule is COC(=C(\C)N)/C(C)=C1/C=CC=CC1C. The van der Waals surface area contributed by atoms with E-state index in [1.807, 2.05) is 19.9 Å². The van der Waals surface area contributed by atoms with Gasteiger partial charge in [0.05, 0.1) is 7.11 Å². The molecule has 15 heavy (non-hydrogen) atoms. The molecule has 82 valence electrons. The van der Waals surface area contributed by atoms with E-state index >= 15 is 0 Å². The predicted octanol–water partition coefficient (Wildman–Crippen LogP) is 2.90. The molecular formula is C13H19NO. The van der Waals surface area contributed by atoms with Gasteiger partial charge in [0.15, 0.2) is 0 Å². The summed E-state index contributed by atoms with van der Waals surface area (Å²) in [7, 11) is 1.66. The molecule has 1 rings (SSSR count). The minimum absolute atomic E-state index is 0.416. The van der Waals surface area contributed by atoms with Crippen LogP contribution in [0.3, 0.4) is 0 Å². The van der Waals surface area contributed by atoms with Crippen molar-refractivity contribution < 1.29 is 4.74 Å². The third-order valence-electron chi connectivity index (χ3n) is 2.61. The number of hydrogen-bond acceptors (Lipinski definition) is 2. The van der Waals surface area contributed by atoms with Crippen molar-refractivity contribution in [3.63, 3.8) is 0 Å². The zero-order chi connectivity index (χ0) is 11.4. The molecule has 0 heterocycles. The van der Waals surface area contributed by atoms with E-state index in [0.29, 0.717) is 5.92 Å². The molecule has 0 aromatic heterocycles. The van der Waals surface area contributed by atoms with Crippen LogP contribution in [0.2, 0.25) is 0 Å². The summed E-state index contributed by atoms with van der Waals surface area (Å²) in [6, 6.07) is 0. The Kier molecular flexibility index (Phi) is 3.78. The van der Waals surface area contributed by atoms with Crippen LogP contribution in [0, 0.1) is 5.92 Å². The van der Waals surface area contributed by atoms with Crippen molar-refractivity contribution in [1.29, 1.82) is 0 Å². The van der Waals surface area contributed by atoms with Gasteiger partial charge >= 0.3 is 0 Å². The van der Waals surface area contributed by atoms with Crippen molar-refractivity contribution in [1.82, 2.24) is 0 Å². The topological polar surface area (TPSA) is 35.2 Å². The summed E-state index contributed by atoms with van der Waals surface area (Å²) < 4.78 is 5.31. The van der Waals surface area contributed by atoms with Crippen molar-refractivity contribution in [3.05, 3.63) is 46.9 Å². The molecule has 0 amide bonds. The van der Waals surface area contributed by atoms with E-state index in [4.69, 9.17) is 10.5 Å². The first-order valence-corrected chi connectivity index (χ1v) is 5.14. The van der Waals surface area contributed by atoms with Gasteiger partial charge in [0.2, 0.25) is 0 Å². The standard InChI is InChI=1S/C13H19NO/c1-9-7-5-6-8-12(9)10(2)13(15-4)11(3)14/h5-9H,14H2,1-4H3/b12-10-,13-11+.